The van der Waals surface area contributed by atoms with E-state index in [1.54, 1.807) is 11.4 Å². The largest absolute Gasteiger partial charge is 0.416 e. The number of aromatic nitrogens is 2. The molecule has 1 aliphatic carbocycles. The van der Waals surface area contributed by atoms with Crippen molar-refractivity contribution >= 4 is 21.7 Å². The summed E-state index contributed by atoms with van der Waals surface area (Å²) in [5.74, 6) is 1.51. The fourth-order valence-electron chi connectivity index (χ4n) is 7.99. The van der Waals surface area contributed by atoms with Gasteiger partial charge in [-0.15, -0.1) is 0 Å². The van der Waals surface area contributed by atoms with E-state index >= 15 is 0 Å². The number of carbonyl (C=O) groups excluding carboxylic acids is 1. The summed E-state index contributed by atoms with van der Waals surface area (Å²) in [6.07, 6.45) is 3.95. The molecule has 1 N–H and O–H groups in total. The molecule has 0 spiro atoms. The maximum absolute atomic E-state index is 13.6. The molecule has 0 radical (unpaired) electrons. The minimum absolute atomic E-state index is 0.0944. The van der Waals surface area contributed by atoms with Crippen molar-refractivity contribution in [1.29, 1.82) is 0 Å². The van der Waals surface area contributed by atoms with Crippen LogP contribution in [0.25, 0.3) is 0 Å². The number of nitrogens with zero attached hydrogens (tertiary/aromatic N) is 5. The van der Waals surface area contributed by atoms with Crippen molar-refractivity contribution in [2.75, 3.05) is 51.3 Å². The highest BCUT2D eigenvalue weighted by Crippen LogP contribution is 2.42. The molecule has 4 fully saturated rings. The van der Waals surface area contributed by atoms with Crippen molar-refractivity contribution in [3.8, 4) is 0 Å². The van der Waals surface area contributed by atoms with Crippen LogP contribution in [0.3, 0.4) is 0 Å². The predicted molar refractivity (Wildman–Crippen MR) is 171 cm³/mol. The lowest BCUT2D eigenvalue weighted by Crippen LogP contribution is -2.47. The molecular formula is C33H45F3N6O4S. The zero-order valence-corrected chi connectivity index (χ0v) is 28.1. The number of hydrogen-bond donors (Lipinski definition) is 1. The number of anilines is 1. The van der Waals surface area contributed by atoms with Crippen molar-refractivity contribution in [3.05, 3.63) is 53.0 Å². The van der Waals surface area contributed by atoms with E-state index in [2.05, 4.69) is 20.2 Å². The highest BCUT2D eigenvalue weighted by atomic mass is 32.2. The minimum Gasteiger partial charge on any atom is -0.368 e. The Balaban J connectivity index is 0.987. The molecule has 3 aliphatic heterocycles. The first-order chi connectivity index (χ1) is 22.3. The first-order valence-electron chi connectivity index (χ1n) is 16.6. The number of fused-ring (bicyclic) bond motifs is 1. The van der Waals surface area contributed by atoms with Crippen LogP contribution in [-0.4, -0.2) is 103 Å². The van der Waals surface area contributed by atoms with Gasteiger partial charge in [-0.1, -0.05) is 12.1 Å². The molecular weight excluding hydrogens is 633 g/mol. The number of likely N-dealkylation sites (tertiary alicyclic amines) is 2. The third-order valence-electron chi connectivity index (χ3n) is 10.8. The van der Waals surface area contributed by atoms with E-state index in [1.165, 1.54) is 24.7 Å². The van der Waals surface area contributed by atoms with Crippen LogP contribution >= 0.6 is 0 Å². The van der Waals surface area contributed by atoms with Crippen LogP contribution in [0.4, 0.5) is 19.0 Å². The summed E-state index contributed by atoms with van der Waals surface area (Å²) in [5.41, 5.74) is 1.12. The van der Waals surface area contributed by atoms with Crippen LogP contribution in [0, 0.1) is 18.8 Å². The number of alkyl halides is 3. The van der Waals surface area contributed by atoms with Gasteiger partial charge in [-0.2, -0.15) is 13.2 Å². The van der Waals surface area contributed by atoms with Crippen molar-refractivity contribution in [3.63, 3.8) is 0 Å². The van der Waals surface area contributed by atoms with E-state index in [1.807, 2.05) is 11.8 Å². The second-order valence-corrected chi connectivity index (χ2v) is 15.8. The molecule has 5 atom stereocenters. The Morgan fingerprint density at radius 3 is 2.32 bits per heavy atom. The van der Waals surface area contributed by atoms with Crippen molar-refractivity contribution in [2.24, 2.45) is 11.8 Å². The summed E-state index contributed by atoms with van der Waals surface area (Å²) < 4.78 is 70.7. The number of piperidine rings is 1. The molecule has 1 aromatic heterocycles. The molecule has 3 saturated heterocycles. The fraction of sp³-hybridized carbons (Fsp3) is 0.667. The van der Waals surface area contributed by atoms with Gasteiger partial charge in [0.2, 0.25) is 10.0 Å². The number of ether oxygens (including phenoxy) is 1. The molecule has 2 aromatic rings. The molecule has 258 valence electrons. The van der Waals surface area contributed by atoms with E-state index in [0.717, 1.165) is 75.7 Å². The zero-order chi connectivity index (χ0) is 33.5. The number of rotatable bonds is 8. The molecule has 47 heavy (non-hydrogen) atoms. The van der Waals surface area contributed by atoms with E-state index in [4.69, 9.17) is 4.74 Å². The molecule has 14 heteroatoms. The third-order valence-corrected chi connectivity index (χ3v) is 12.1. The van der Waals surface area contributed by atoms with Gasteiger partial charge in [0.25, 0.3) is 5.91 Å². The average Bonchev–Trinajstić information content (AvgIpc) is 3.63. The fourth-order valence-corrected chi connectivity index (χ4v) is 8.70. The van der Waals surface area contributed by atoms with Gasteiger partial charge in [0.15, 0.2) is 0 Å². The molecule has 6 rings (SSSR count). The van der Waals surface area contributed by atoms with Gasteiger partial charge in [0, 0.05) is 57.4 Å². The lowest BCUT2D eigenvalue weighted by atomic mass is 9.97. The van der Waals surface area contributed by atoms with Crippen LogP contribution in [0.2, 0.25) is 0 Å². The zero-order valence-electron chi connectivity index (χ0n) is 27.2. The van der Waals surface area contributed by atoms with E-state index < -0.39 is 21.8 Å². The molecule has 0 bridgehead atoms. The van der Waals surface area contributed by atoms with Crippen LogP contribution in [0.15, 0.2) is 30.6 Å². The van der Waals surface area contributed by atoms with E-state index in [-0.39, 0.29) is 24.2 Å². The number of sulfonamides is 1. The van der Waals surface area contributed by atoms with Gasteiger partial charge in [-0.3, -0.25) is 9.69 Å². The SMILES string of the molecule is Cc1c(NC[C@H]2CCC[C@@H](c3ccc(C(F)(F)F)cc3)O2)ncnc1C(=O)N1CCC(N2CC3CC(N(C)S(C)(=O)=O)C[C@@H]3C2)CC1. The Morgan fingerprint density at radius 2 is 1.70 bits per heavy atom. The molecule has 4 heterocycles. The Labute approximate surface area is 275 Å². The van der Waals surface area contributed by atoms with Gasteiger partial charge in [-0.05, 0) is 81.4 Å². The second kappa shape index (κ2) is 13.6. The Bertz CT molecular complexity index is 1520. The summed E-state index contributed by atoms with van der Waals surface area (Å²) in [6, 6.07) is 5.70. The van der Waals surface area contributed by atoms with Crippen LogP contribution in [-0.2, 0) is 20.9 Å². The maximum Gasteiger partial charge on any atom is 0.416 e. The van der Waals surface area contributed by atoms with Gasteiger partial charge >= 0.3 is 6.18 Å². The third kappa shape index (κ3) is 7.60. The molecule has 4 aliphatic rings. The van der Waals surface area contributed by atoms with Gasteiger partial charge in [0.1, 0.15) is 17.8 Å². The number of nitrogens with one attached hydrogen (secondary N) is 1. The number of carbonyl (C=O) groups is 1. The predicted octanol–water partition coefficient (Wildman–Crippen LogP) is 4.73. The normalized spacial score (nSPS) is 27.7. The number of amides is 1. The standard InChI is InChI=1S/C33H45F3N6O4S/c1-21-30(32(43)41-13-11-26(12-14-41)42-18-23-15-27(16-24(23)19-42)40(2)47(3,44)45)38-20-39-31(21)37-17-28-5-4-6-29(46-28)22-7-9-25(10-8-22)33(34,35)36/h7-10,20,23-24,26-29H,4-6,11-19H2,1-3H3,(H,37,38,39)/t23-,24?,27?,28-,29+/m1/s1. The summed E-state index contributed by atoms with van der Waals surface area (Å²) in [7, 11) is -1.49. The average molecular weight is 679 g/mol. The first kappa shape index (κ1) is 34.1. The number of halogens is 3. The topological polar surface area (TPSA) is 108 Å². The quantitative estimate of drug-likeness (QED) is 0.427. The van der Waals surface area contributed by atoms with Crippen molar-refractivity contribution in [2.45, 2.75) is 82.3 Å². The van der Waals surface area contributed by atoms with Crippen molar-refractivity contribution in [1.82, 2.24) is 24.1 Å². The minimum atomic E-state index is -4.37. The monoisotopic (exact) mass is 678 g/mol. The van der Waals surface area contributed by atoms with E-state index in [9.17, 15) is 26.4 Å². The highest BCUT2D eigenvalue weighted by molar-refractivity contribution is 7.88. The lowest BCUT2D eigenvalue weighted by Gasteiger charge is -2.37. The Hall–Kier alpha value is -2.81. The highest BCUT2D eigenvalue weighted by Gasteiger charge is 2.45. The van der Waals surface area contributed by atoms with Crippen molar-refractivity contribution < 1.29 is 31.1 Å². The van der Waals surface area contributed by atoms with Gasteiger partial charge < -0.3 is 15.0 Å². The summed E-state index contributed by atoms with van der Waals surface area (Å²) in [5, 5.41) is 3.32. The van der Waals surface area contributed by atoms with Crippen LogP contribution in [0.5, 0.6) is 0 Å². The first-order valence-corrected chi connectivity index (χ1v) is 18.5. The van der Waals surface area contributed by atoms with Crippen LogP contribution in [0.1, 0.15) is 78.2 Å². The molecule has 1 saturated carbocycles. The molecule has 2 unspecified atom stereocenters. The number of hydrogen-bond acceptors (Lipinski definition) is 8. The lowest BCUT2D eigenvalue weighted by molar-refractivity contribution is -0.137. The van der Waals surface area contributed by atoms with Gasteiger partial charge in [0.05, 0.1) is 24.0 Å². The number of benzene rings is 1. The second-order valence-electron chi connectivity index (χ2n) is 13.8. The molecule has 1 amide bonds. The summed E-state index contributed by atoms with van der Waals surface area (Å²) in [4.78, 5) is 26.7. The maximum atomic E-state index is 13.6. The summed E-state index contributed by atoms with van der Waals surface area (Å²) >= 11 is 0. The van der Waals surface area contributed by atoms with E-state index in [0.29, 0.717) is 54.6 Å². The molecule has 1 aromatic carbocycles. The smallest absolute Gasteiger partial charge is 0.368 e. The Kier molecular flexibility index (Phi) is 9.86. The van der Waals surface area contributed by atoms with Crippen LogP contribution < -0.4 is 5.32 Å². The Morgan fingerprint density at radius 1 is 1.04 bits per heavy atom. The summed E-state index contributed by atoms with van der Waals surface area (Å²) in [6.45, 7) is 5.59. The van der Waals surface area contributed by atoms with Gasteiger partial charge in [-0.25, -0.2) is 22.7 Å². The molecule has 10 nitrogen and oxygen atoms in total.